The number of amides is 1. The molecule has 1 aromatic carbocycles. The number of halogens is 1. The van der Waals surface area contributed by atoms with Gasteiger partial charge in [-0.15, -0.1) is 5.10 Å². The second-order valence-corrected chi connectivity index (χ2v) is 11.3. The van der Waals surface area contributed by atoms with Crippen LogP contribution in [0.15, 0.2) is 48.9 Å². The summed E-state index contributed by atoms with van der Waals surface area (Å²) >= 11 is 6.49. The molecule has 0 bridgehead atoms. The first-order chi connectivity index (χ1) is 18.6. The van der Waals surface area contributed by atoms with Gasteiger partial charge in [0.15, 0.2) is 5.82 Å². The summed E-state index contributed by atoms with van der Waals surface area (Å²) in [5.41, 5.74) is 1.37. The maximum Gasteiger partial charge on any atom is 0.410 e. The highest BCUT2D eigenvalue weighted by Crippen LogP contribution is 2.42. The topological polar surface area (TPSA) is 111 Å². The third kappa shape index (κ3) is 4.89. The minimum absolute atomic E-state index is 0.191. The van der Waals surface area contributed by atoms with Crippen molar-refractivity contribution in [1.29, 1.82) is 0 Å². The molecule has 0 aliphatic carbocycles. The van der Waals surface area contributed by atoms with E-state index in [4.69, 9.17) is 26.1 Å². The fourth-order valence-corrected chi connectivity index (χ4v) is 5.07. The normalized spacial score (nSPS) is 16.1. The standard InChI is InChI=1S/C27H29ClN8O3/c1-26(2,3)39-25(37)36-12-10-27(36)14-35(15-27)21-8-6-19-23(32-21)24(30-16-29-19)31-17-5-7-20(18(28)13-17)38-22-9-11-34(4)33-22/h5-9,11,13,16H,10,12,14-15H2,1-4H3,(H,29,30,31). The summed E-state index contributed by atoms with van der Waals surface area (Å²) in [5.74, 6) is 2.32. The van der Waals surface area contributed by atoms with Crippen LogP contribution in [0.2, 0.25) is 5.02 Å². The number of nitrogens with zero attached hydrogens (tertiary/aromatic N) is 7. The molecule has 202 valence electrons. The molecular weight excluding hydrogens is 520 g/mol. The zero-order valence-corrected chi connectivity index (χ0v) is 22.9. The highest BCUT2D eigenvalue weighted by molar-refractivity contribution is 6.32. The molecule has 1 spiro atoms. The molecule has 4 aromatic rings. The van der Waals surface area contributed by atoms with Crippen molar-refractivity contribution in [3.8, 4) is 11.6 Å². The van der Waals surface area contributed by atoms with Gasteiger partial charge in [0, 0.05) is 44.6 Å². The average molecular weight is 549 g/mol. The minimum Gasteiger partial charge on any atom is -0.444 e. The number of anilines is 3. The third-order valence-corrected chi connectivity index (χ3v) is 7.14. The van der Waals surface area contributed by atoms with Crippen LogP contribution in [0, 0.1) is 0 Å². The third-order valence-electron chi connectivity index (χ3n) is 6.85. The summed E-state index contributed by atoms with van der Waals surface area (Å²) in [4.78, 5) is 30.3. The summed E-state index contributed by atoms with van der Waals surface area (Å²) in [5, 5.41) is 7.95. The van der Waals surface area contributed by atoms with E-state index in [0.717, 1.165) is 17.9 Å². The average Bonchev–Trinajstić information content (AvgIpc) is 3.23. The van der Waals surface area contributed by atoms with Gasteiger partial charge in [-0.3, -0.25) is 9.58 Å². The van der Waals surface area contributed by atoms with Crippen LogP contribution in [-0.2, 0) is 11.8 Å². The van der Waals surface area contributed by atoms with Gasteiger partial charge in [0.05, 0.1) is 16.1 Å². The largest absolute Gasteiger partial charge is 0.444 e. The molecule has 5 heterocycles. The van der Waals surface area contributed by atoms with Gasteiger partial charge in [0.2, 0.25) is 5.88 Å². The van der Waals surface area contributed by atoms with Gasteiger partial charge in [0.25, 0.3) is 0 Å². The van der Waals surface area contributed by atoms with E-state index in [-0.39, 0.29) is 11.6 Å². The predicted molar refractivity (Wildman–Crippen MR) is 148 cm³/mol. The molecule has 0 atom stereocenters. The smallest absolute Gasteiger partial charge is 0.410 e. The van der Waals surface area contributed by atoms with Crippen molar-refractivity contribution >= 4 is 46.1 Å². The number of hydrogen-bond acceptors (Lipinski definition) is 9. The van der Waals surface area contributed by atoms with E-state index < -0.39 is 5.60 Å². The van der Waals surface area contributed by atoms with E-state index in [0.29, 0.717) is 53.1 Å². The van der Waals surface area contributed by atoms with Crippen LogP contribution in [0.1, 0.15) is 27.2 Å². The van der Waals surface area contributed by atoms with E-state index in [2.05, 4.69) is 25.3 Å². The first kappa shape index (κ1) is 25.2. The van der Waals surface area contributed by atoms with Gasteiger partial charge in [-0.1, -0.05) is 11.6 Å². The number of likely N-dealkylation sites (tertiary alicyclic amines) is 1. The van der Waals surface area contributed by atoms with Crippen molar-refractivity contribution < 1.29 is 14.3 Å². The molecule has 11 nitrogen and oxygen atoms in total. The summed E-state index contributed by atoms with van der Waals surface area (Å²) in [6, 6.07) is 11.0. The number of benzene rings is 1. The van der Waals surface area contributed by atoms with E-state index in [1.165, 1.54) is 6.33 Å². The lowest BCUT2D eigenvalue weighted by atomic mass is 9.78. The van der Waals surface area contributed by atoms with E-state index in [9.17, 15) is 4.79 Å². The number of ether oxygens (including phenoxy) is 2. The van der Waals surface area contributed by atoms with Crippen LogP contribution in [0.3, 0.4) is 0 Å². The Labute approximate surface area is 230 Å². The van der Waals surface area contributed by atoms with Gasteiger partial charge in [-0.05, 0) is 57.5 Å². The number of aryl methyl sites for hydroxylation is 1. The maximum absolute atomic E-state index is 12.6. The van der Waals surface area contributed by atoms with Crippen molar-refractivity contribution in [2.45, 2.75) is 38.3 Å². The van der Waals surface area contributed by atoms with Crippen LogP contribution in [0.4, 0.5) is 22.1 Å². The van der Waals surface area contributed by atoms with E-state index in [1.54, 1.807) is 29.1 Å². The molecule has 39 heavy (non-hydrogen) atoms. The van der Waals surface area contributed by atoms with Crippen molar-refractivity contribution in [2.24, 2.45) is 7.05 Å². The SMILES string of the molecule is Cn1ccc(Oc2ccc(Nc3ncnc4ccc(N5CC6(CCN6C(=O)OC(C)(C)C)C5)nc34)cc2Cl)n1. The molecule has 6 rings (SSSR count). The molecule has 1 N–H and O–H groups in total. The Hall–Kier alpha value is -4.12. The second kappa shape index (κ2) is 9.26. The summed E-state index contributed by atoms with van der Waals surface area (Å²) in [7, 11) is 1.82. The first-order valence-electron chi connectivity index (χ1n) is 12.7. The molecule has 0 radical (unpaired) electrons. The highest BCUT2D eigenvalue weighted by Gasteiger charge is 2.56. The van der Waals surface area contributed by atoms with Crippen molar-refractivity contribution in [3.63, 3.8) is 0 Å². The van der Waals surface area contributed by atoms with Crippen LogP contribution in [0.5, 0.6) is 11.6 Å². The maximum atomic E-state index is 12.6. The number of carbonyl (C=O) groups excluding carboxylic acids is 1. The number of nitrogens with one attached hydrogen (secondary N) is 1. The predicted octanol–water partition coefficient (Wildman–Crippen LogP) is 5.15. The van der Waals surface area contributed by atoms with E-state index >= 15 is 0 Å². The number of rotatable bonds is 5. The monoisotopic (exact) mass is 548 g/mol. The Kier molecular flexibility index (Phi) is 5.98. The molecule has 2 aliphatic heterocycles. The Morgan fingerprint density at radius 2 is 1.95 bits per heavy atom. The molecule has 2 fully saturated rings. The molecule has 0 saturated carbocycles. The number of carbonyl (C=O) groups is 1. The fourth-order valence-electron chi connectivity index (χ4n) is 4.85. The quantitative estimate of drug-likeness (QED) is 0.362. The summed E-state index contributed by atoms with van der Waals surface area (Å²) < 4.78 is 13.0. The van der Waals surface area contributed by atoms with E-state index in [1.807, 2.05) is 50.9 Å². The molecule has 3 aromatic heterocycles. The van der Waals surface area contributed by atoms with Crippen LogP contribution in [0.25, 0.3) is 11.0 Å². The van der Waals surface area contributed by atoms with Crippen LogP contribution < -0.4 is 15.0 Å². The molecule has 12 heteroatoms. The zero-order chi connectivity index (χ0) is 27.4. The van der Waals surface area contributed by atoms with Crippen molar-refractivity contribution in [1.82, 2.24) is 29.6 Å². The molecule has 0 unspecified atom stereocenters. The number of pyridine rings is 1. The Morgan fingerprint density at radius 1 is 1.13 bits per heavy atom. The van der Waals surface area contributed by atoms with Gasteiger partial charge in [-0.25, -0.2) is 19.7 Å². The lowest BCUT2D eigenvalue weighted by Gasteiger charge is -2.62. The minimum atomic E-state index is -0.517. The Morgan fingerprint density at radius 3 is 2.62 bits per heavy atom. The number of aromatic nitrogens is 5. The van der Waals surface area contributed by atoms with Crippen molar-refractivity contribution in [3.05, 3.63) is 53.9 Å². The number of fused-ring (bicyclic) bond motifs is 1. The highest BCUT2D eigenvalue weighted by atomic mass is 35.5. The van der Waals surface area contributed by atoms with Gasteiger partial charge >= 0.3 is 6.09 Å². The second-order valence-electron chi connectivity index (χ2n) is 10.9. The number of hydrogen-bond donors (Lipinski definition) is 1. The fraction of sp³-hybridized carbons (Fsp3) is 0.370. The lowest BCUT2D eigenvalue weighted by molar-refractivity contribution is -0.0562. The molecule has 1 amide bonds. The van der Waals surface area contributed by atoms with Gasteiger partial charge in [0.1, 0.15) is 29.0 Å². The summed E-state index contributed by atoms with van der Waals surface area (Å²) in [6.45, 7) is 7.77. The lowest BCUT2D eigenvalue weighted by Crippen LogP contribution is -2.78. The Bertz CT molecular complexity index is 1560. The molecule has 2 saturated heterocycles. The van der Waals surface area contributed by atoms with Gasteiger partial charge in [-0.2, -0.15) is 0 Å². The van der Waals surface area contributed by atoms with Crippen molar-refractivity contribution in [2.75, 3.05) is 29.9 Å². The zero-order valence-electron chi connectivity index (χ0n) is 22.2. The van der Waals surface area contributed by atoms with Crippen LogP contribution >= 0.6 is 11.6 Å². The molecular formula is C27H29ClN8O3. The molecule has 2 aliphatic rings. The van der Waals surface area contributed by atoms with Crippen LogP contribution in [-0.4, -0.2) is 66.5 Å². The first-order valence-corrected chi connectivity index (χ1v) is 13.1. The Balaban J connectivity index is 1.18. The summed E-state index contributed by atoms with van der Waals surface area (Å²) in [6.07, 6.45) is 3.99. The van der Waals surface area contributed by atoms with Gasteiger partial charge < -0.3 is 19.7 Å².